The van der Waals surface area contributed by atoms with E-state index in [1.807, 2.05) is 47.1 Å². The molecule has 0 spiro atoms. The number of imidazole rings is 1. The molecular formula is C19H18N4O2S. The molecule has 0 saturated carbocycles. The molecule has 0 atom stereocenters. The lowest BCUT2D eigenvalue weighted by atomic mass is 10.1. The number of nitrogens with one attached hydrogen (secondary N) is 1. The maximum absolute atomic E-state index is 5.39. The summed E-state index contributed by atoms with van der Waals surface area (Å²) in [6.07, 6.45) is 1.82. The third kappa shape index (κ3) is 3.09. The molecule has 2 heterocycles. The number of nitrogens with zero attached hydrogens (tertiary/aromatic N) is 3. The van der Waals surface area contributed by atoms with Gasteiger partial charge in [0, 0.05) is 12.1 Å². The van der Waals surface area contributed by atoms with Crippen molar-refractivity contribution in [3.63, 3.8) is 0 Å². The molecule has 2 aromatic carbocycles. The molecule has 7 heteroatoms. The van der Waals surface area contributed by atoms with E-state index in [1.54, 1.807) is 14.2 Å². The van der Waals surface area contributed by atoms with Crippen LogP contribution in [0.25, 0.3) is 16.2 Å². The topological polar surface area (TPSA) is 60.7 Å². The second-order valence-electron chi connectivity index (χ2n) is 5.65. The summed E-state index contributed by atoms with van der Waals surface area (Å²) >= 11 is 1.52. The van der Waals surface area contributed by atoms with Crippen molar-refractivity contribution in [2.75, 3.05) is 19.5 Å². The van der Waals surface area contributed by atoms with E-state index in [0.29, 0.717) is 11.5 Å². The predicted octanol–water partition coefficient (Wildman–Crippen LogP) is 4.09. The van der Waals surface area contributed by atoms with Gasteiger partial charge in [0.1, 0.15) is 0 Å². The number of hydrogen-bond acceptors (Lipinski definition) is 6. The van der Waals surface area contributed by atoms with Gasteiger partial charge in [-0.1, -0.05) is 41.7 Å². The van der Waals surface area contributed by atoms with Crippen LogP contribution in [0, 0.1) is 0 Å². The van der Waals surface area contributed by atoms with Gasteiger partial charge in [0.2, 0.25) is 10.1 Å². The molecule has 0 aliphatic heterocycles. The van der Waals surface area contributed by atoms with Gasteiger partial charge in [-0.15, -0.1) is 5.10 Å². The Balaban J connectivity index is 1.62. The van der Waals surface area contributed by atoms with Crippen molar-refractivity contribution >= 4 is 21.4 Å². The molecule has 0 saturated heterocycles. The Bertz CT molecular complexity index is 1030. The minimum Gasteiger partial charge on any atom is -0.493 e. The lowest BCUT2D eigenvalue weighted by Crippen LogP contribution is -1.99. The molecule has 6 nitrogen and oxygen atoms in total. The molecule has 26 heavy (non-hydrogen) atoms. The fourth-order valence-electron chi connectivity index (χ4n) is 2.73. The summed E-state index contributed by atoms with van der Waals surface area (Å²) in [5.74, 6) is 1.37. The largest absolute Gasteiger partial charge is 0.493 e. The lowest BCUT2D eigenvalue weighted by molar-refractivity contribution is 0.355. The highest BCUT2D eigenvalue weighted by molar-refractivity contribution is 7.20. The van der Waals surface area contributed by atoms with Crippen LogP contribution in [0.1, 0.15) is 5.56 Å². The molecule has 0 radical (unpaired) electrons. The number of fused-ring (bicyclic) bond motifs is 1. The number of ether oxygens (including phenoxy) is 2. The van der Waals surface area contributed by atoms with E-state index in [2.05, 4.69) is 27.5 Å². The maximum atomic E-state index is 5.39. The summed E-state index contributed by atoms with van der Waals surface area (Å²) in [6, 6.07) is 16.0. The quantitative estimate of drug-likeness (QED) is 0.557. The highest BCUT2D eigenvalue weighted by atomic mass is 32.1. The summed E-state index contributed by atoms with van der Waals surface area (Å²) in [4.78, 5) is 5.31. The Hall–Kier alpha value is -3.06. The van der Waals surface area contributed by atoms with Crippen molar-refractivity contribution in [2.24, 2.45) is 0 Å². The van der Waals surface area contributed by atoms with Gasteiger partial charge in [-0.25, -0.2) is 9.50 Å². The summed E-state index contributed by atoms with van der Waals surface area (Å²) < 4.78 is 12.5. The molecule has 4 rings (SSSR count). The van der Waals surface area contributed by atoms with E-state index >= 15 is 0 Å². The van der Waals surface area contributed by atoms with E-state index < -0.39 is 0 Å². The zero-order valence-corrected chi connectivity index (χ0v) is 15.3. The number of hydrogen-bond donors (Lipinski definition) is 1. The van der Waals surface area contributed by atoms with Crippen LogP contribution in [0.15, 0.2) is 54.7 Å². The Kier molecular flexibility index (Phi) is 4.45. The fourth-order valence-corrected chi connectivity index (χ4v) is 3.50. The van der Waals surface area contributed by atoms with Gasteiger partial charge in [0.15, 0.2) is 11.5 Å². The molecule has 132 valence electrons. The minimum atomic E-state index is 0.678. The second kappa shape index (κ2) is 7.05. The van der Waals surface area contributed by atoms with Crippen LogP contribution in [0.2, 0.25) is 0 Å². The summed E-state index contributed by atoms with van der Waals surface area (Å²) in [6.45, 7) is 0.725. The van der Waals surface area contributed by atoms with Crippen molar-refractivity contribution < 1.29 is 9.47 Å². The third-order valence-electron chi connectivity index (χ3n) is 4.05. The number of anilines is 1. The molecule has 0 fully saturated rings. The Morgan fingerprint density at radius 2 is 1.85 bits per heavy atom. The number of aromatic nitrogens is 3. The van der Waals surface area contributed by atoms with E-state index in [0.717, 1.165) is 27.9 Å². The SMILES string of the molecule is COc1ccc(-c2cnc3sc(NCc4ccccc4)nn23)cc1OC. The van der Waals surface area contributed by atoms with Crippen LogP contribution >= 0.6 is 11.3 Å². The van der Waals surface area contributed by atoms with Crippen LogP contribution in [-0.2, 0) is 6.54 Å². The fraction of sp³-hybridized carbons (Fsp3) is 0.158. The molecule has 0 aliphatic carbocycles. The van der Waals surface area contributed by atoms with Gasteiger partial charge in [-0.05, 0) is 23.8 Å². The minimum absolute atomic E-state index is 0.678. The number of benzene rings is 2. The van der Waals surface area contributed by atoms with Gasteiger partial charge in [-0.2, -0.15) is 0 Å². The Morgan fingerprint density at radius 1 is 1.04 bits per heavy atom. The van der Waals surface area contributed by atoms with Gasteiger partial charge >= 0.3 is 0 Å². The van der Waals surface area contributed by atoms with Crippen LogP contribution in [0.4, 0.5) is 5.13 Å². The summed E-state index contributed by atoms with van der Waals surface area (Å²) in [5.41, 5.74) is 3.08. The van der Waals surface area contributed by atoms with Gasteiger partial charge in [0.25, 0.3) is 0 Å². The van der Waals surface area contributed by atoms with Gasteiger partial charge in [0.05, 0.1) is 26.1 Å². The smallest absolute Gasteiger partial charge is 0.214 e. The molecule has 0 bridgehead atoms. The lowest BCUT2D eigenvalue weighted by Gasteiger charge is -2.08. The highest BCUT2D eigenvalue weighted by Gasteiger charge is 2.13. The average Bonchev–Trinajstić information content (AvgIpc) is 3.27. The monoisotopic (exact) mass is 366 g/mol. The normalized spacial score (nSPS) is 10.8. The molecule has 0 unspecified atom stereocenters. The van der Waals surface area contributed by atoms with Gasteiger partial charge < -0.3 is 14.8 Å². The van der Waals surface area contributed by atoms with E-state index in [9.17, 15) is 0 Å². The molecule has 0 amide bonds. The van der Waals surface area contributed by atoms with Crippen molar-refractivity contribution in [3.05, 3.63) is 60.3 Å². The first-order valence-electron chi connectivity index (χ1n) is 8.13. The molecular weight excluding hydrogens is 348 g/mol. The van der Waals surface area contributed by atoms with Crippen molar-refractivity contribution in [3.8, 4) is 22.8 Å². The van der Waals surface area contributed by atoms with Crippen LogP contribution < -0.4 is 14.8 Å². The molecule has 2 aromatic heterocycles. The number of rotatable bonds is 6. The van der Waals surface area contributed by atoms with Crippen molar-refractivity contribution in [2.45, 2.75) is 6.54 Å². The highest BCUT2D eigenvalue weighted by Crippen LogP contribution is 2.33. The molecule has 4 aromatic rings. The van der Waals surface area contributed by atoms with Crippen LogP contribution in [-0.4, -0.2) is 28.8 Å². The summed E-state index contributed by atoms with van der Waals surface area (Å²) in [5, 5.41) is 8.84. The van der Waals surface area contributed by atoms with Crippen LogP contribution in [0.3, 0.4) is 0 Å². The molecule has 0 aliphatic rings. The van der Waals surface area contributed by atoms with E-state index in [4.69, 9.17) is 9.47 Å². The zero-order chi connectivity index (χ0) is 17.9. The first-order chi connectivity index (χ1) is 12.8. The number of methoxy groups -OCH3 is 2. The van der Waals surface area contributed by atoms with Gasteiger partial charge in [-0.3, -0.25) is 0 Å². The van der Waals surface area contributed by atoms with Crippen molar-refractivity contribution in [1.82, 2.24) is 14.6 Å². The first kappa shape index (κ1) is 16.4. The first-order valence-corrected chi connectivity index (χ1v) is 8.95. The summed E-state index contributed by atoms with van der Waals surface area (Å²) in [7, 11) is 3.25. The molecule has 1 N–H and O–H groups in total. The van der Waals surface area contributed by atoms with E-state index in [1.165, 1.54) is 16.9 Å². The third-order valence-corrected chi connectivity index (χ3v) is 4.93. The standard InChI is InChI=1S/C19H18N4O2S/c1-24-16-9-8-14(10-17(16)25-2)15-12-21-19-23(15)22-18(26-19)20-11-13-6-4-3-5-7-13/h3-10,12H,11H2,1-2H3,(H,20,22). The van der Waals surface area contributed by atoms with E-state index in [-0.39, 0.29) is 0 Å². The zero-order valence-electron chi connectivity index (χ0n) is 14.5. The predicted molar refractivity (Wildman–Crippen MR) is 103 cm³/mol. The second-order valence-corrected chi connectivity index (χ2v) is 6.61. The van der Waals surface area contributed by atoms with Crippen molar-refractivity contribution in [1.29, 1.82) is 0 Å². The Labute approximate surface area is 155 Å². The average molecular weight is 366 g/mol. The van der Waals surface area contributed by atoms with Crippen LogP contribution in [0.5, 0.6) is 11.5 Å². The Morgan fingerprint density at radius 3 is 2.62 bits per heavy atom. The maximum Gasteiger partial charge on any atom is 0.214 e.